The van der Waals surface area contributed by atoms with E-state index in [1.165, 1.54) is 24.0 Å². The molecule has 2 fully saturated rings. The molecular formula is C20H31ClN2O. The topological polar surface area (TPSA) is 23.6 Å². The third-order valence-corrected chi connectivity index (χ3v) is 5.43. The van der Waals surface area contributed by atoms with Crippen LogP contribution in [0.25, 0.3) is 0 Å². The number of hydrogen-bond donors (Lipinski definition) is 0. The first-order valence-corrected chi connectivity index (χ1v) is 9.18. The van der Waals surface area contributed by atoms with Gasteiger partial charge in [0.1, 0.15) is 0 Å². The van der Waals surface area contributed by atoms with Crippen molar-refractivity contribution in [2.45, 2.75) is 46.1 Å². The fourth-order valence-electron chi connectivity index (χ4n) is 3.94. The number of hydrogen-bond acceptors (Lipinski definition) is 2. The lowest BCUT2D eigenvalue weighted by molar-refractivity contribution is -0.138. The minimum atomic E-state index is 0. The zero-order valence-corrected chi connectivity index (χ0v) is 15.9. The van der Waals surface area contributed by atoms with Crippen LogP contribution in [0.15, 0.2) is 24.3 Å². The fraction of sp³-hybridized carbons (Fsp3) is 0.650. The molecule has 2 saturated heterocycles. The number of aryl methyl sites for hydroxylation is 1. The Morgan fingerprint density at radius 3 is 2.38 bits per heavy atom. The predicted octanol–water partition coefficient (Wildman–Crippen LogP) is 3.89. The Hall–Kier alpha value is -1.06. The van der Waals surface area contributed by atoms with Gasteiger partial charge in [-0.05, 0) is 57.2 Å². The van der Waals surface area contributed by atoms with E-state index in [1.54, 1.807) is 0 Å². The van der Waals surface area contributed by atoms with Gasteiger partial charge >= 0.3 is 0 Å². The first-order chi connectivity index (χ1) is 11.1. The minimum absolute atomic E-state index is 0. The summed E-state index contributed by atoms with van der Waals surface area (Å²) in [5.41, 5.74) is 2.69. The van der Waals surface area contributed by atoms with Gasteiger partial charge < -0.3 is 4.90 Å². The van der Waals surface area contributed by atoms with Crippen LogP contribution in [-0.2, 0) is 11.3 Å². The summed E-state index contributed by atoms with van der Waals surface area (Å²) in [6.07, 6.45) is 4.50. The SMILES string of the molecule is Cc1ccc(CN2CCC(C(=O)N3CCCC(C)C3)CC2)cc1.Cl. The molecule has 0 aromatic heterocycles. The highest BCUT2D eigenvalue weighted by atomic mass is 35.5. The average molecular weight is 351 g/mol. The molecule has 3 rings (SSSR count). The number of rotatable bonds is 3. The molecule has 0 N–H and O–H groups in total. The van der Waals surface area contributed by atoms with Crippen molar-refractivity contribution in [1.29, 1.82) is 0 Å². The van der Waals surface area contributed by atoms with E-state index in [2.05, 4.69) is 47.9 Å². The lowest BCUT2D eigenvalue weighted by atomic mass is 9.92. The van der Waals surface area contributed by atoms with Crippen LogP contribution in [0.4, 0.5) is 0 Å². The number of amides is 1. The monoisotopic (exact) mass is 350 g/mol. The van der Waals surface area contributed by atoms with Crippen LogP contribution in [0.3, 0.4) is 0 Å². The van der Waals surface area contributed by atoms with Crippen LogP contribution in [-0.4, -0.2) is 41.9 Å². The number of halogens is 1. The molecule has 2 aliphatic rings. The van der Waals surface area contributed by atoms with E-state index in [1.807, 2.05) is 0 Å². The Balaban J connectivity index is 0.00000208. The number of likely N-dealkylation sites (tertiary alicyclic amines) is 2. The third kappa shape index (κ3) is 4.97. The standard InChI is InChI=1S/C20H30N2O.ClH/c1-16-5-7-18(8-6-16)15-21-12-9-19(10-13-21)20(23)22-11-3-4-17(2)14-22;/h5-8,17,19H,3-4,9-15H2,1-2H3;1H. The van der Waals surface area contributed by atoms with Crippen molar-refractivity contribution >= 4 is 18.3 Å². The molecular weight excluding hydrogens is 320 g/mol. The normalized spacial score (nSPS) is 22.9. The molecule has 0 spiro atoms. The Morgan fingerprint density at radius 1 is 1.08 bits per heavy atom. The number of nitrogens with zero attached hydrogens (tertiary/aromatic N) is 2. The Kier molecular flexibility index (Phi) is 7.12. The second-order valence-electron chi connectivity index (χ2n) is 7.57. The molecule has 1 aromatic rings. The van der Waals surface area contributed by atoms with Crippen molar-refractivity contribution in [1.82, 2.24) is 9.80 Å². The van der Waals surface area contributed by atoms with Crippen LogP contribution in [0.2, 0.25) is 0 Å². The maximum atomic E-state index is 12.7. The second-order valence-corrected chi connectivity index (χ2v) is 7.57. The Bertz CT molecular complexity index is 523. The van der Waals surface area contributed by atoms with Crippen molar-refractivity contribution in [3.05, 3.63) is 35.4 Å². The molecule has 2 aliphatic heterocycles. The summed E-state index contributed by atoms with van der Waals surface area (Å²) in [4.78, 5) is 17.3. The van der Waals surface area contributed by atoms with Gasteiger partial charge in [0.2, 0.25) is 5.91 Å². The highest BCUT2D eigenvalue weighted by molar-refractivity contribution is 5.85. The second kappa shape index (κ2) is 8.87. The van der Waals surface area contributed by atoms with Crippen LogP contribution in [0.5, 0.6) is 0 Å². The van der Waals surface area contributed by atoms with E-state index < -0.39 is 0 Å². The van der Waals surface area contributed by atoms with E-state index in [0.29, 0.717) is 11.8 Å². The third-order valence-electron chi connectivity index (χ3n) is 5.43. The summed E-state index contributed by atoms with van der Waals surface area (Å²) in [6, 6.07) is 8.82. The fourth-order valence-corrected chi connectivity index (χ4v) is 3.94. The van der Waals surface area contributed by atoms with Crippen molar-refractivity contribution in [3.8, 4) is 0 Å². The molecule has 1 amide bonds. The van der Waals surface area contributed by atoms with Gasteiger partial charge in [0.15, 0.2) is 0 Å². The lowest BCUT2D eigenvalue weighted by Gasteiger charge is -2.37. The van der Waals surface area contributed by atoms with Gasteiger partial charge in [-0.2, -0.15) is 0 Å². The summed E-state index contributed by atoms with van der Waals surface area (Å²) in [5.74, 6) is 1.36. The minimum Gasteiger partial charge on any atom is -0.342 e. The van der Waals surface area contributed by atoms with Crippen molar-refractivity contribution < 1.29 is 4.79 Å². The van der Waals surface area contributed by atoms with Crippen molar-refractivity contribution in [3.63, 3.8) is 0 Å². The number of carbonyl (C=O) groups is 1. The van der Waals surface area contributed by atoms with Crippen LogP contribution < -0.4 is 0 Å². The molecule has 24 heavy (non-hydrogen) atoms. The van der Waals surface area contributed by atoms with Crippen molar-refractivity contribution in [2.24, 2.45) is 11.8 Å². The molecule has 0 saturated carbocycles. The quantitative estimate of drug-likeness (QED) is 0.825. The average Bonchev–Trinajstić information content (AvgIpc) is 2.57. The number of piperidine rings is 2. The molecule has 0 radical (unpaired) electrons. The lowest BCUT2D eigenvalue weighted by Crippen LogP contribution is -2.45. The van der Waals surface area contributed by atoms with Gasteiger partial charge in [0.05, 0.1) is 0 Å². The van der Waals surface area contributed by atoms with Crippen LogP contribution >= 0.6 is 12.4 Å². The van der Waals surface area contributed by atoms with Gasteiger partial charge in [-0.3, -0.25) is 9.69 Å². The first kappa shape index (κ1) is 19.3. The molecule has 0 aliphatic carbocycles. The maximum absolute atomic E-state index is 12.7. The molecule has 1 atom stereocenters. The highest BCUT2D eigenvalue weighted by Gasteiger charge is 2.30. The zero-order valence-electron chi connectivity index (χ0n) is 15.0. The Morgan fingerprint density at radius 2 is 1.75 bits per heavy atom. The van der Waals surface area contributed by atoms with E-state index >= 15 is 0 Å². The summed E-state index contributed by atoms with van der Waals surface area (Å²) in [7, 11) is 0. The summed E-state index contributed by atoms with van der Waals surface area (Å²) in [6.45, 7) is 9.46. The molecule has 2 heterocycles. The van der Waals surface area contributed by atoms with E-state index in [-0.39, 0.29) is 18.3 Å². The maximum Gasteiger partial charge on any atom is 0.225 e. The Labute approximate surface area is 152 Å². The zero-order chi connectivity index (χ0) is 16.2. The number of benzene rings is 1. The molecule has 0 bridgehead atoms. The molecule has 3 nitrogen and oxygen atoms in total. The molecule has 4 heteroatoms. The van der Waals surface area contributed by atoms with Gasteiger partial charge in [0, 0.05) is 25.6 Å². The molecule has 1 aromatic carbocycles. The first-order valence-electron chi connectivity index (χ1n) is 9.18. The molecule has 134 valence electrons. The summed E-state index contributed by atoms with van der Waals surface area (Å²) >= 11 is 0. The van der Waals surface area contributed by atoms with Crippen LogP contribution in [0.1, 0.15) is 43.7 Å². The van der Waals surface area contributed by atoms with Crippen molar-refractivity contribution in [2.75, 3.05) is 26.2 Å². The van der Waals surface area contributed by atoms with Gasteiger partial charge in [-0.1, -0.05) is 36.8 Å². The van der Waals surface area contributed by atoms with Gasteiger partial charge in [-0.25, -0.2) is 0 Å². The van der Waals surface area contributed by atoms with E-state index in [4.69, 9.17) is 0 Å². The van der Waals surface area contributed by atoms with Gasteiger partial charge in [0.25, 0.3) is 0 Å². The van der Waals surface area contributed by atoms with Gasteiger partial charge in [-0.15, -0.1) is 12.4 Å². The smallest absolute Gasteiger partial charge is 0.225 e. The van der Waals surface area contributed by atoms with E-state index in [9.17, 15) is 4.79 Å². The highest BCUT2D eigenvalue weighted by Crippen LogP contribution is 2.24. The summed E-state index contributed by atoms with van der Waals surface area (Å²) < 4.78 is 0. The molecule has 1 unspecified atom stereocenters. The largest absolute Gasteiger partial charge is 0.342 e. The number of carbonyl (C=O) groups excluding carboxylic acids is 1. The van der Waals surface area contributed by atoms with Crippen LogP contribution in [0, 0.1) is 18.8 Å². The van der Waals surface area contributed by atoms with E-state index in [0.717, 1.165) is 45.6 Å². The predicted molar refractivity (Wildman–Crippen MR) is 101 cm³/mol. The summed E-state index contributed by atoms with van der Waals surface area (Å²) in [5, 5.41) is 0.